The Balaban J connectivity index is 1.82. The molecule has 0 saturated carbocycles. The summed E-state index contributed by atoms with van der Waals surface area (Å²) in [5.41, 5.74) is 8.86. The second-order valence-corrected chi connectivity index (χ2v) is 5.97. The highest BCUT2D eigenvalue weighted by atomic mass is 32.1. The molecule has 0 atom stereocenters. The number of rotatable bonds is 6. The molecule has 0 aliphatic carbocycles. The molecule has 2 aromatic heterocycles. The van der Waals surface area contributed by atoms with Gasteiger partial charge in [0.25, 0.3) is 5.56 Å². The summed E-state index contributed by atoms with van der Waals surface area (Å²) in [5.74, 6) is 0.130. The largest absolute Gasteiger partial charge is 0.383 e. The van der Waals surface area contributed by atoms with Gasteiger partial charge in [-0.05, 0) is 5.56 Å². The van der Waals surface area contributed by atoms with Crippen molar-refractivity contribution < 1.29 is 0 Å². The van der Waals surface area contributed by atoms with Crippen LogP contribution in [-0.4, -0.2) is 21.1 Å². The summed E-state index contributed by atoms with van der Waals surface area (Å²) in [4.78, 5) is 30.6. The molecule has 0 aliphatic heterocycles. The zero-order valence-corrected chi connectivity index (χ0v) is 13.7. The third-order valence-electron chi connectivity index (χ3n) is 3.59. The maximum Gasteiger partial charge on any atom is 0.330 e. The van der Waals surface area contributed by atoms with Crippen molar-refractivity contribution in [1.29, 1.82) is 0 Å². The number of nitrogen functional groups attached to an aromatic ring is 1. The van der Waals surface area contributed by atoms with Crippen molar-refractivity contribution in [2.45, 2.75) is 13.0 Å². The molecule has 0 saturated heterocycles. The van der Waals surface area contributed by atoms with E-state index in [-0.39, 0.29) is 11.5 Å². The van der Waals surface area contributed by atoms with E-state index in [0.717, 1.165) is 11.3 Å². The minimum Gasteiger partial charge on any atom is -0.383 e. The number of nitrogens with one attached hydrogen (secondary N) is 2. The predicted octanol–water partition coefficient (Wildman–Crippen LogP) is 1.28. The third-order valence-corrected chi connectivity index (χ3v) is 4.22. The molecule has 1 aromatic carbocycles. The second kappa shape index (κ2) is 7.14. The average Bonchev–Trinajstić information content (AvgIpc) is 3.09. The first-order valence-corrected chi connectivity index (χ1v) is 8.37. The molecule has 2 heterocycles. The van der Waals surface area contributed by atoms with Gasteiger partial charge in [0.05, 0.1) is 17.7 Å². The maximum absolute atomic E-state index is 12.1. The van der Waals surface area contributed by atoms with E-state index < -0.39 is 11.2 Å². The van der Waals surface area contributed by atoms with Crippen LogP contribution in [0.25, 0.3) is 0 Å². The molecule has 24 heavy (non-hydrogen) atoms. The molecular formula is C16H17N5O2S. The van der Waals surface area contributed by atoms with Crippen LogP contribution in [0.3, 0.4) is 0 Å². The van der Waals surface area contributed by atoms with Crippen LogP contribution in [0.15, 0.2) is 50.8 Å². The zero-order chi connectivity index (χ0) is 16.9. The number of nitrogens with zero attached hydrogens (tertiary/aromatic N) is 2. The molecule has 0 radical (unpaired) electrons. The van der Waals surface area contributed by atoms with Crippen molar-refractivity contribution in [2.24, 2.45) is 0 Å². The Kier molecular flexibility index (Phi) is 4.76. The summed E-state index contributed by atoms with van der Waals surface area (Å²) in [5, 5.41) is 4.96. The SMILES string of the molecule is Nc1c(NCCc2cscn2)c(=O)[nH]c(=O)n1Cc1ccccc1. The molecule has 3 rings (SSSR count). The predicted molar refractivity (Wildman–Crippen MR) is 95.6 cm³/mol. The van der Waals surface area contributed by atoms with E-state index in [1.54, 1.807) is 5.51 Å². The Morgan fingerprint density at radius 3 is 2.75 bits per heavy atom. The summed E-state index contributed by atoms with van der Waals surface area (Å²) in [6.45, 7) is 0.795. The van der Waals surface area contributed by atoms with Crippen LogP contribution in [0, 0.1) is 0 Å². The smallest absolute Gasteiger partial charge is 0.330 e. The third kappa shape index (κ3) is 3.54. The number of thiazole rings is 1. The summed E-state index contributed by atoms with van der Waals surface area (Å²) in [7, 11) is 0. The molecule has 8 heteroatoms. The van der Waals surface area contributed by atoms with Crippen molar-refractivity contribution >= 4 is 22.8 Å². The van der Waals surface area contributed by atoms with Gasteiger partial charge >= 0.3 is 5.69 Å². The van der Waals surface area contributed by atoms with Crippen molar-refractivity contribution in [3.05, 3.63) is 73.3 Å². The van der Waals surface area contributed by atoms with Crippen molar-refractivity contribution in [3.63, 3.8) is 0 Å². The lowest BCUT2D eigenvalue weighted by Crippen LogP contribution is -2.34. The van der Waals surface area contributed by atoms with E-state index in [0.29, 0.717) is 19.5 Å². The van der Waals surface area contributed by atoms with Gasteiger partial charge in [0.1, 0.15) is 11.5 Å². The quantitative estimate of drug-likeness (QED) is 0.625. The number of aromatic nitrogens is 3. The van der Waals surface area contributed by atoms with Crippen molar-refractivity contribution in [3.8, 4) is 0 Å². The van der Waals surface area contributed by atoms with Crippen LogP contribution >= 0.6 is 11.3 Å². The molecule has 0 amide bonds. The van der Waals surface area contributed by atoms with Gasteiger partial charge in [-0.2, -0.15) is 0 Å². The number of nitrogens with two attached hydrogens (primary N) is 1. The van der Waals surface area contributed by atoms with Gasteiger partial charge in [0.15, 0.2) is 0 Å². The second-order valence-electron chi connectivity index (χ2n) is 5.25. The van der Waals surface area contributed by atoms with Crippen molar-refractivity contribution in [1.82, 2.24) is 14.5 Å². The Labute approximate surface area is 141 Å². The molecule has 7 nitrogen and oxygen atoms in total. The van der Waals surface area contributed by atoms with Crippen LogP contribution in [0.5, 0.6) is 0 Å². The number of hydrogen-bond donors (Lipinski definition) is 3. The number of aromatic amines is 1. The standard InChI is InChI=1S/C16H17N5O2S/c17-14-13(18-7-6-12-9-24-10-19-12)15(22)20-16(23)21(14)8-11-4-2-1-3-5-11/h1-5,9-10,18H,6-8,17H2,(H,20,22,23). The van der Waals surface area contributed by atoms with Gasteiger partial charge in [-0.25, -0.2) is 9.78 Å². The van der Waals surface area contributed by atoms with E-state index in [2.05, 4.69) is 15.3 Å². The lowest BCUT2D eigenvalue weighted by atomic mass is 10.2. The van der Waals surface area contributed by atoms with Crippen LogP contribution in [-0.2, 0) is 13.0 Å². The van der Waals surface area contributed by atoms with Gasteiger partial charge < -0.3 is 11.1 Å². The number of H-pyrrole nitrogens is 1. The fourth-order valence-corrected chi connectivity index (χ4v) is 2.95. The fraction of sp³-hybridized carbons (Fsp3) is 0.188. The van der Waals surface area contributed by atoms with Crippen LogP contribution in [0.2, 0.25) is 0 Å². The average molecular weight is 343 g/mol. The molecule has 0 spiro atoms. The Bertz CT molecular complexity index is 916. The number of benzene rings is 1. The number of hydrogen-bond acceptors (Lipinski definition) is 6. The molecule has 0 fully saturated rings. The summed E-state index contributed by atoms with van der Waals surface area (Å²) in [6, 6.07) is 9.46. The first kappa shape index (κ1) is 16.0. The normalized spacial score (nSPS) is 10.7. The lowest BCUT2D eigenvalue weighted by Gasteiger charge is -2.13. The molecule has 0 bridgehead atoms. The van der Waals surface area contributed by atoms with E-state index >= 15 is 0 Å². The fourth-order valence-electron chi connectivity index (χ4n) is 2.36. The molecular weight excluding hydrogens is 326 g/mol. The molecule has 0 unspecified atom stereocenters. The Hall–Kier alpha value is -2.87. The molecule has 3 aromatic rings. The highest BCUT2D eigenvalue weighted by molar-refractivity contribution is 7.07. The zero-order valence-electron chi connectivity index (χ0n) is 12.9. The van der Waals surface area contributed by atoms with E-state index in [4.69, 9.17) is 5.73 Å². The Morgan fingerprint density at radius 1 is 1.25 bits per heavy atom. The van der Waals surface area contributed by atoms with Crippen LogP contribution in [0.4, 0.5) is 11.5 Å². The molecule has 124 valence electrons. The van der Waals surface area contributed by atoms with Crippen LogP contribution in [0.1, 0.15) is 11.3 Å². The molecule has 0 aliphatic rings. The minimum atomic E-state index is -0.522. The van der Waals surface area contributed by atoms with Gasteiger partial charge in [-0.1, -0.05) is 30.3 Å². The first-order chi connectivity index (χ1) is 11.6. The topological polar surface area (TPSA) is 106 Å². The summed E-state index contributed by atoms with van der Waals surface area (Å²) < 4.78 is 1.35. The van der Waals surface area contributed by atoms with E-state index in [9.17, 15) is 9.59 Å². The van der Waals surface area contributed by atoms with Gasteiger partial charge in [-0.3, -0.25) is 14.3 Å². The van der Waals surface area contributed by atoms with E-state index in [1.165, 1.54) is 15.9 Å². The maximum atomic E-state index is 12.1. The highest BCUT2D eigenvalue weighted by Gasteiger charge is 2.12. The summed E-state index contributed by atoms with van der Waals surface area (Å²) in [6.07, 6.45) is 0.667. The van der Waals surface area contributed by atoms with E-state index in [1.807, 2.05) is 35.7 Å². The first-order valence-electron chi connectivity index (χ1n) is 7.42. The lowest BCUT2D eigenvalue weighted by molar-refractivity contribution is 0.733. The summed E-state index contributed by atoms with van der Waals surface area (Å²) >= 11 is 1.52. The van der Waals surface area contributed by atoms with Gasteiger partial charge in [0, 0.05) is 18.3 Å². The van der Waals surface area contributed by atoms with Gasteiger partial charge in [-0.15, -0.1) is 11.3 Å². The van der Waals surface area contributed by atoms with Crippen molar-refractivity contribution in [2.75, 3.05) is 17.6 Å². The Morgan fingerprint density at radius 2 is 2.04 bits per heavy atom. The molecule has 4 N–H and O–H groups in total. The highest BCUT2D eigenvalue weighted by Crippen LogP contribution is 2.12. The monoisotopic (exact) mass is 343 g/mol. The minimum absolute atomic E-state index is 0.130. The van der Waals surface area contributed by atoms with Crippen LogP contribution < -0.4 is 22.3 Å². The van der Waals surface area contributed by atoms with Gasteiger partial charge in [0.2, 0.25) is 0 Å². The number of anilines is 2.